The van der Waals surface area contributed by atoms with Crippen molar-refractivity contribution in [3.8, 4) is 0 Å². The highest BCUT2D eigenvalue weighted by molar-refractivity contribution is 7.91. The highest BCUT2D eigenvalue weighted by Crippen LogP contribution is 2.22. The van der Waals surface area contributed by atoms with Gasteiger partial charge in [-0.25, -0.2) is 8.42 Å². The molecule has 17 heavy (non-hydrogen) atoms. The van der Waals surface area contributed by atoms with Gasteiger partial charge in [0.05, 0.1) is 23.7 Å². The molecule has 2 fully saturated rings. The van der Waals surface area contributed by atoms with Crippen molar-refractivity contribution in [2.45, 2.75) is 31.5 Å². The highest BCUT2D eigenvalue weighted by atomic mass is 32.2. The summed E-state index contributed by atoms with van der Waals surface area (Å²) in [5.74, 6) is 0.0406. The number of hydrogen-bond donors (Lipinski definition) is 1. The quantitative estimate of drug-likeness (QED) is 0.668. The number of likely N-dealkylation sites (N-methyl/N-ethyl adjacent to an activating group) is 1. The molecule has 0 saturated carbocycles. The maximum atomic E-state index is 11.6. The molecule has 2 aliphatic heterocycles. The maximum Gasteiger partial charge on any atom is 0.154 e. The fourth-order valence-corrected chi connectivity index (χ4v) is 4.82. The Labute approximate surface area is 103 Å². The number of aliphatic hydroxyl groups excluding tert-OH is 1. The summed E-state index contributed by atoms with van der Waals surface area (Å²) < 4.78 is 23.1. The van der Waals surface area contributed by atoms with Crippen molar-refractivity contribution in [2.75, 3.05) is 38.2 Å². The van der Waals surface area contributed by atoms with E-state index in [2.05, 4.69) is 23.8 Å². The second kappa shape index (κ2) is 4.84. The lowest BCUT2D eigenvalue weighted by molar-refractivity contribution is 0.0601. The SMILES string of the molecule is CC1CN(C)CCCN1C1CS(=O)(=O)CC1O. The lowest BCUT2D eigenvalue weighted by atomic mass is 10.1. The van der Waals surface area contributed by atoms with Crippen molar-refractivity contribution < 1.29 is 13.5 Å². The summed E-state index contributed by atoms with van der Waals surface area (Å²) in [6.45, 7) is 4.96. The second-order valence-corrected chi connectivity index (χ2v) is 7.57. The van der Waals surface area contributed by atoms with Crippen LogP contribution in [-0.4, -0.2) is 79.7 Å². The maximum absolute atomic E-state index is 11.6. The molecule has 5 nitrogen and oxygen atoms in total. The first-order valence-electron chi connectivity index (χ1n) is 6.22. The zero-order chi connectivity index (χ0) is 12.6. The van der Waals surface area contributed by atoms with Crippen molar-refractivity contribution >= 4 is 9.84 Å². The third kappa shape index (κ3) is 2.99. The van der Waals surface area contributed by atoms with Crippen LogP contribution in [0, 0.1) is 0 Å². The minimum Gasteiger partial charge on any atom is -0.390 e. The van der Waals surface area contributed by atoms with Crippen LogP contribution < -0.4 is 0 Å². The first-order chi connectivity index (χ1) is 7.89. The summed E-state index contributed by atoms with van der Waals surface area (Å²) in [7, 11) is -0.963. The Kier molecular flexibility index (Phi) is 3.77. The van der Waals surface area contributed by atoms with Gasteiger partial charge >= 0.3 is 0 Å². The van der Waals surface area contributed by atoms with E-state index in [1.807, 2.05) is 0 Å². The summed E-state index contributed by atoms with van der Waals surface area (Å²) in [4.78, 5) is 4.44. The van der Waals surface area contributed by atoms with Gasteiger partial charge in [-0.2, -0.15) is 0 Å². The average Bonchev–Trinajstić information content (AvgIpc) is 2.36. The van der Waals surface area contributed by atoms with Crippen molar-refractivity contribution in [1.29, 1.82) is 0 Å². The normalized spacial score (nSPS) is 40.3. The Morgan fingerprint density at radius 1 is 1.24 bits per heavy atom. The van der Waals surface area contributed by atoms with Gasteiger partial charge in [-0.1, -0.05) is 0 Å². The number of hydrogen-bond acceptors (Lipinski definition) is 5. The first-order valence-corrected chi connectivity index (χ1v) is 8.04. The molecule has 0 aromatic rings. The Bertz CT molecular complexity index is 371. The van der Waals surface area contributed by atoms with Gasteiger partial charge in [0, 0.05) is 19.1 Å². The standard InChI is InChI=1S/C11H22N2O3S/c1-9-6-12(2)4-3-5-13(9)10-7-17(15,16)8-11(10)14/h9-11,14H,3-8H2,1-2H3. The smallest absolute Gasteiger partial charge is 0.154 e. The van der Waals surface area contributed by atoms with Gasteiger partial charge < -0.3 is 10.0 Å². The molecule has 6 heteroatoms. The zero-order valence-corrected chi connectivity index (χ0v) is 11.4. The lowest BCUT2D eigenvalue weighted by Gasteiger charge is -2.34. The summed E-state index contributed by atoms with van der Waals surface area (Å²) in [6.07, 6.45) is 0.315. The molecule has 2 heterocycles. The largest absolute Gasteiger partial charge is 0.390 e. The third-order valence-electron chi connectivity index (χ3n) is 3.82. The summed E-state index contributed by atoms with van der Waals surface area (Å²) in [5, 5.41) is 9.92. The van der Waals surface area contributed by atoms with E-state index in [4.69, 9.17) is 0 Å². The Hall–Kier alpha value is -0.170. The van der Waals surface area contributed by atoms with Gasteiger partial charge in [0.1, 0.15) is 0 Å². The third-order valence-corrected chi connectivity index (χ3v) is 5.52. The molecule has 2 rings (SSSR count). The first kappa shape index (κ1) is 13.3. The summed E-state index contributed by atoms with van der Waals surface area (Å²) in [6, 6.07) is 0.0944. The highest BCUT2D eigenvalue weighted by Gasteiger charge is 2.41. The van der Waals surface area contributed by atoms with Gasteiger partial charge in [-0.05, 0) is 26.9 Å². The molecule has 1 N–H and O–H groups in total. The van der Waals surface area contributed by atoms with Crippen LogP contribution in [0.2, 0.25) is 0 Å². The topological polar surface area (TPSA) is 60.9 Å². The molecule has 0 radical (unpaired) electrons. The molecule has 100 valence electrons. The van der Waals surface area contributed by atoms with E-state index in [-0.39, 0.29) is 17.5 Å². The molecule has 3 atom stereocenters. The molecular weight excluding hydrogens is 240 g/mol. The van der Waals surface area contributed by atoms with E-state index in [9.17, 15) is 13.5 Å². The molecule has 3 unspecified atom stereocenters. The molecule has 0 amide bonds. The minimum atomic E-state index is -3.05. The molecule has 0 aromatic carbocycles. The van der Waals surface area contributed by atoms with Gasteiger partial charge in [0.25, 0.3) is 0 Å². The molecule has 0 bridgehead atoms. The molecule has 2 saturated heterocycles. The fourth-order valence-electron chi connectivity index (χ4n) is 3.01. The fraction of sp³-hybridized carbons (Fsp3) is 1.00. The van der Waals surface area contributed by atoms with Gasteiger partial charge in [-0.3, -0.25) is 4.90 Å². The van der Waals surface area contributed by atoms with Gasteiger partial charge in [-0.15, -0.1) is 0 Å². The van der Waals surface area contributed by atoms with E-state index >= 15 is 0 Å². The predicted octanol–water partition coefficient (Wildman–Crippen LogP) is -0.830. The van der Waals surface area contributed by atoms with E-state index in [1.165, 1.54) is 0 Å². The van der Waals surface area contributed by atoms with Crippen LogP contribution in [0.25, 0.3) is 0 Å². The molecular formula is C11H22N2O3S. The van der Waals surface area contributed by atoms with Gasteiger partial charge in [0.2, 0.25) is 0 Å². The van der Waals surface area contributed by atoms with E-state index < -0.39 is 15.9 Å². The molecule has 0 aliphatic carbocycles. The number of nitrogens with zero attached hydrogens (tertiary/aromatic N) is 2. The predicted molar refractivity (Wildman–Crippen MR) is 66.7 cm³/mol. The van der Waals surface area contributed by atoms with E-state index in [1.54, 1.807) is 0 Å². The Morgan fingerprint density at radius 3 is 2.53 bits per heavy atom. The lowest BCUT2D eigenvalue weighted by Crippen LogP contribution is -2.49. The van der Waals surface area contributed by atoms with Crippen molar-refractivity contribution in [3.05, 3.63) is 0 Å². The summed E-state index contributed by atoms with van der Waals surface area (Å²) >= 11 is 0. The second-order valence-electron chi connectivity index (χ2n) is 5.41. The van der Waals surface area contributed by atoms with Crippen LogP contribution in [0.5, 0.6) is 0 Å². The minimum absolute atomic E-state index is 0.0727. The monoisotopic (exact) mass is 262 g/mol. The van der Waals surface area contributed by atoms with Crippen LogP contribution in [-0.2, 0) is 9.84 Å². The number of rotatable bonds is 1. The van der Waals surface area contributed by atoms with E-state index in [0.717, 1.165) is 26.1 Å². The van der Waals surface area contributed by atoms with E-state index in [0.29, 0.717) is 6.04 Å². The van der Waals surface area contributed by atoms with Crippen molar-refractivity contribution in [1.82, 2.24) is 9.80 Å². The van der Waals surface area contributed by atoms with Crippen LogP contribution in [0.3, 0.4) is 0 Å². The van der Waals surface area contributed by atoms with Crippen LogP contribution in [0.1, 0.15) is 13.3 Å². The zero-order valence-electron chi connectivity index (χ0n) is 10.5. The van der Waals surface area contributed by atoms with Crippen LogP contribution in [0.15, 0.2) is 0 Å². The Balaban J connectivity index is 2.11. The number of sulfone groups is 1. The Morgan fingerprint density at radius 2 is 1.94 bits per heavy atom. The van der Waals surface area contributed by atoms with Crippen molar-refractivity contribution in [2.24, 2.45) is 0 Å². The number of aliphatic hydroxyl groups is 1. The van der Waals surface area contributed by atoms with Gasteiger partial charge in [0.15, 0.2) is 9.84 Å². The molecule has 2 aliphatic rings. The molecule has 0 aromatic heterocycles. The van der Waals surface area contributed by atoms with Crippen LogP contribution in [0.4, 0.5) is 0 Å². The summed E-state index contributed by atoms with van der Waals surface area (Å²) in [5.41, 5.74) is 0. The molecule has 0 spiro atoms. The van der Waals surface area contributed by atoms with Crippen molar-refractivity contribution in [3.63, 3.8) is 0 Å². The average molecular weight is 262 g/mol. The van der Waals surface area contributed by atoms with Crippen LogP contribution >= 0.6 is 0 Å².